The van der Waals surface area contributed by atoms with E-state index in [0.717, 1.165) is 5.56 Å². The first kappa shape index (κ1) is 14.7. The molecule has 0 unspecified atom stereocenters. The van der Waals surface area contributed by atoms with Crippen LogP contribution in [0.3, 0.4) is 0 Å². The van der Waals surface area contributed by atoms with Gasteiger partial charge in [0.05, 0.1) is 10.9 Å². The molecule has 0 radical (unpaired) electrons. The van der Waals surface area contributed by atoms with Crippen molar-refractivity contribution in [1.82, 2.24) is 0 Å². The smallest absolute Gasteiger partial charge is 0.259 e. The number of phenolic OH excluding ortho intramolecular Hbond substituents is 1. The molecule has 20 heavy (non-hydrogen) atoms. The van der Waals surface area contributed by atoms with Gasteiger partial charge in [-0.25, -0.2) is 0 Å². The van der Waals surface area contributed by atoms with Crippen LogP contribution < -0.4 is 5.32 Å². The first-order valence-corrected chi connectivity index (χ1v) is 6.82. The van der Waals surface area contributed by atoms with Gasteiger partial charge in [-0.15, -0.1) is 11.6 Å². The molecule has 0 saturated heterocycles. The standard InChI is InChI=1S/C15H13Cl2NO2/c1-9(16)10-3-2-4-12(7-10)18-15(20)13-8-11(17)5-6-14(13)19/h2-9,19H,1H3,(H,18,20)/t9-/m1/s1. The van der Waals surface area contributed by atoms with Gasteiger partial charge in [0.1, 0.15) is 5.75 Å². The molecule has 1 amide bonds. The lowest BCUT2D eigenvalue weighted by atomic mass is 10.1. The molecule has 3 nitrogen and oxygen atoms in total. The molecule has 2 aromatic rings. The van der Waals surface area contributed by atoms with E-state index in [-0.39, 0.29) is 16.7 Å². The molecule has 0 heterocycles. The molecular formula is C15H13Cl2NO2. The van der Waals surface area contributed by atoms with Crippen molar-refractivity contribution >= 4 is 34.8 Å². The van der Waals surface area contributed by atoms with Gasteiger partial charge >= 0.3 is 0 Å². The zero-order valence-corrected chi connectivity index (χ0v) is 12.2. The van der Waals surface area contributed by atoms with Crippen molar-refractivity contribution in [2.45, 2.75) is 12.3 Å². The van der Waals surface area contributed by atoms with Crippen molar-refractivity contribution in [3.63, 3.8) is 0 Å². The summed E-state index contributed by atoms with van der Waals surface area (Å²) in [5.41, 5.74) is 1.64. The van der Waals surface area contributed by atoms with Crippen LogP contribution in [0.2, 0.25) is 5.02 Å². The zero-order chi connectivity index (χ0) is 14.7. The molecule has 0 fully saturated rings. The summed E-state index contributed by atoms with van der Waals surface area (Å²) in [6.45, 7) is 1.85. The topological polar surface area (TPSA) is 49.3 Å². The van der Waals surface area contributed by atoms with Crippen LogP contribution in [-0.4, -0.2) is 11.0 Å². The first-order chi connectivity index (χ1) is 9.47. The SMILES string of the molecule is C[C@@H](Cl)c1cccc(NC(=O)c2cc(Cl)ccc2O)c1. The second-order valence-electron chi connectivity index (χ2n) is 4.36. The van der Waals surface area contributed by atoms with E-state index in [2.05, 4.69) is 5.32 Å². The summed E-state index contributed by atoms with van der Waals surface area (Å²) >= 11 is 11.8. The Kier molecular flexibility index (Phi) is 4.53. The first-order valence-electron chi connectivity index (χ1n) is 6.01. The van der Waals surface area contributed by atoms with Gasteiger partial charge in [0, 0.05) is 10.7 Å². The van der Waals surface area contributed by atoms with E-state index in [1.54, 1.807) is 12.1 Å². The predicted molar refractivity (Wildman–Crippen MR) is 81.8 cm³/mol. The fourth-order valence-electron chi connectivity index (χ4n) is 1.75. The molecule has 0 aromatic heterocycles. The third-order valence-electron chi connectivity index (χ3n) is 2.81. The zero-order valence-electron chi connectivity index (χ0n) is 10.7. The molecule has 0 aliphatic carbocycles. The minimum absolute atomic E-state index is 0.117. The molecule has 0 spiro atoms. The number of carbonyl (C=O) groups excluding carboxylic acids is 1. The molecule has 104 valence electrons. The maximum absolute atomic E-state index is 12.1. The van der Waals surface area contributed by atoms with E-state index < -0.39 is 5.91 Å². The Morgan fingerprint density at radius 1 is 1.25 bits per heavy atom. The molecule has 0 bridgehead atoms. The van der Waals surface area contributed by atoms with E-state index in [4.69, 9.17) is 23.2 Å². The highest BCUT2D eigenvalue weighted by molar-refractivity contribution is 6.31. The second kappa shape index (κ2) is 6.16. The molecular weight excluding hydrogens is 297 g/mol. The molecule has 5 heteroatoms. The van der Waals surface area contributed by atoms with Gasteiger partial charge in [0.25, 0.3) is 5.91 Å². The number of hydrogen-bond donors (Lipinski definition) is 2. The molecule has 1 atom stereocenters. The largest absolute Gasteiger partial charge is 0.507 e. The van der Waals surface area contributed by atoms with E-state index >= 15 is 0 Å². The number of hydrogen-bond acceptors (Lipinski definition) is 2. The van der Waals surface area contributed by atoms with E-state index in [1.165, 1.54) is 18.2 Å². The summed E-state index contributed by atoms with van der Waals surface area (Å²) in [6.07, 6.45) is 0. The average molecular weight is 310 g/mol. The highest BCUT2D eigenvalue weighted by Gasteiger charge is 2.12. The fourth-order valence-corrected chi connectivity index (χ4v) is 2.06. The van der Waals surface area contributed by atoms with Crippen LogP contribution in [0.5, 0.6) is 5.75 Å². The number of phenols is 1. The van der Waals surface area contributed by atoms with Crippen LogP contribution >= 0.6 is 23.2 Å². The van der Waals surface area contributed by atoms with E-state index in [1.807, 2.05) is 19.1 Å². The lowest BCUT2D eigenvalue weighted by molar-refractivity contribution is 0.102. The minimum Gasteiger partial charge on any atom is -0.507 e. The Balaban J connectivity index is 2.23. The highest BCUT2D eigenvalue weighted by atomic mass is 35.5. The molecule has 2 aromatic carbocycles. The van der Waals surface area contributed by atoms with Gasteiger partial charge in [0.2, 0.25) is 0 Å². The number of alkyl halides is 1. The fraction of sp³-hybridized carbons (Fsp3) is 0.133. The van der Waals surface area contributed by atoms with Crippen molar-refractivity contribution in [2.24, 2.45) is 0 Å². The summed E-state index contributed by atoms with van der Waals surface area (Å²) in [5, 5.41) is 12.6. The van der Waals surface area contributed by atoms with Gasteiger partial charge in [-0.1, -0.05) is 23.7 Å². The maximum atomic E-state index is 12.1. The number of rotatable bonds is 3. The van der Waals surface area contributed by atoms with Gasteiger partial charge in [0.15, 0.2) is 0 Å². The Bertz CT molecular complexity index is 642. The quantitative estimate of drug-likeness (QED) is 0.814. The van der Waals surface area contributed by atoms with E-state index in [0.29, 0.717) is 10.7 Å². The van der Waals surface area contributed by atoms with Crippen molar-refractivity contribution < 1.29 is 9.90 Å². The van der Waals surface area contributed by atoms with Crippen LogP contribution in [0, 0.1) is 0 Å². The second-order valence-corrected chi connectivity index (χ2v) is 5.45. The van der Waals surface area contributed by atoms with Crippen molar-refractivity contribution in [3.05, 3.63) is 58.6 Å². The van der Waals surface area contributed by atoms with Crippen molar-refractivity contribution in [3.8, 4) is 5.75 Å². The number of benzene rings is 2. The summed E-state index contributed by atoms with van der Waals surface area (Å²) in [7, 11) is 0. The molecule has 2 N–H and O–H groups in total. The minimum atomic E-state index is -0.427. The number of halogens is 2. The molecule has 0 aliphatic rings. The van der Waals surface area contributed by atoms with Crippen LogP contribution in [0.15, 0.2) is 42.5 Å². The Morgan fingerprint density at radius 2 is 2.00 bits per heavy atom. The Hall–Kier alpha value is -1.71. The summed E-state index contributed by atoms with van der Waals surface area (Å²) < 4.78 is 0. The van der Waals surface area contributed by atoms with Crippen LogP contribution in [0.4, 0.5) is 5.69 Å². The number of nitrogens with one attached hydrogen (secondary N) is 1. The number of carbonyl (C=O) groups is 1. The average Bonchev–Trinajstić information content (AvgIpc) is 2.41. The number of aromatic hydroxyl groups is 1. The molecule has 0 saturated carbocycles. The van der Waals surface area contributed by atoms with Crippen LogP contribution in [0.25, 0.3) is 0 Å². The highest BCUT2D eigenvalue weighted by Crippen LogP contribution is 2.25. The lowest BCUT2D eigenvalue weighted by Gasteiger charge is -2.09. The summed E-state index contributed by atoms with van der Waals surface area (Å²) in [6, 6.07) is 11.5. The monoisotopic (exact) mass is 309 g/mol. The Morgan fingerprint density at radius 3 is 2.70 bits per heavy atom. The van der Waals surface area contributed by atoms with Crippen molar-refractivity contribution in [1.29, 1.82) is 0 Å². The normalized spacial score (nSPS) is 11.9. The Labute approximate surface area is 127 Å². The predicted octanol–water partition coefficient (Wildman–Crippen LogP) is 4.60. The molecule has 2 rings (SSSR count). The maximum Gasteiger partial charge on any atom is 0.259 e. The molecule has 0 aliphatic heterocycles. The van der Waals surface area contributed by atoms with E-state index in [9.17, 15) is 9.90 Å². The third kappa shape index (κ3) is 3.44. The van der Waals surface area contributed by atoms with Crippen LogP contribution in [-0.2, 0) is 0 Å². The number of amides is 1. The lowest BCUT2D eigenvalue weighted by Crippen LogP contribution is -2.12. The summed E-state index contributed by atoms with van der Waals surface area (Å²) in [4.78, 5) is 12.1. The van der Waals surface area contributed by atoms with Gasteiger partial charge < -0.3 is 10.4 Å². The van der Waals surface area contributed by atoms with Gasteiger partial charge in [-0.3, -0.25) is 4.79 Å². The number of anilines is 1. The van der Waals surface area contributed by atoms with Gasteiger partial charge in [-0.2, -0.15) is 0 Å². The van der Waals surface area contributed by atoms with Crippen molar-refractivity contribution in [2.75, 3.05) is 5.32 Å². The van der Waals surface area contributed by atoms with Crippen LogP contribution in [0.1, 0.15) is 28.2 Å². The third-order valence-corrected chi connectivity index (χ3v) is 3.29. The summed E-state index contributed by atoms with van der Waals surface area (Å²) in [5.74, 6) is -0.543. The van der Waals surface area contributed by atoms with Gasteiger partial charge in [-0.05, 0) is 42.8 Å².